The molecule has 1 fully saturated rings. The van der Waals surface area contributed by atoms with Gasteiger partial charge in [0.15, 0.2) is 0 Å². The molecule has 0 bridgehead atoms. The summed E-state index contributed by atoms with van der Waals surface area (Å²) in [6, 6.07) is 3.83. The van der Waals surface area contributed by atoms with Gasteiger partial charge in [-0.15, -0.1) is 11.3 Å². The Bertz CT molecular complexity index is 828. The summed E-state index contributed by atoms with van der Waals surface area (Å²) in [6.07, 6.45) is 0. The molecule has 1 aromatic carbocycles. The molecule has 2 aromatic rings. The van der Waals surface area contributed by atoms with Crippen molar-refractivity contribution in [1.82, 2.24) is 0 Å². The smallest absolute Gasteiger partial charge is 0.256 e. The van der Waals surface area contributed by atoms with Crippen LogP contribution in [0.4, 0.5) is 11.4 Å². The third kappa shape index (κ3) is 4.42. The van der Waals surface area contributed by atoms with E-state index in [9.17, 15) is 4.79 Å². The summed E-state index contributed by atoms with van der Waals surface area (Å²) < 4.78 is 17.2. The molecule has 1 aliphatic heterocycles. The average molecular weight is 405 g/mol. The second-order valence-corrected chi connectivity index (χ2v) is 7.65. The molecule has 7 heteroatoms. The molecule has 1 N–H and O–H groups in total. The topological polar surface area (TPSA) is 60.0 Å². The Morgan fingerprint density at radius 3 is 2.43 bits per heavy atom. The summed E-state index contributed by atoms with van der Waals surface area (Å²) >= 11 is 1.58. The number of nitrogens with one attached hydrogen (secondary N) is 1. The molecule has 3 rings (SSSR count). The normalized spacial score (nSPS) is 14.1. The highest BCUT2D eigenvalue weighted by Gasteiger charge is 2.21. The van der Waals surface area contributed by atoms with Crippen LogP contribution in [0.2, 0.25) is 0 Å². The monoisotopic (exact) mass is 404 g/mol. The maximum Gasteiger partial charge on any atom is 0.256 e. The Hall–Kier alpha value is -2.25. The van der Waals surface area contributed by atoms with E-state index in [1.165, 1.54) is 0 Å². The number of carbonyl (C=O) groups excluding carboxylic acids is 1. The molecule has 6 nitrogen and oxygen atoms in total. The van der Waals surface area contributed by atoms with E-state index in [0.29, 0.717) is 43.4 Å². The van der Waals surface area contributed by atoms with E-state index < -0.39 is 0 Å². The number of hydrogen-bond acceptors (Lipinski definition) is 6. The quantitative estimate of drug-likeness (QED) is 0.748. The van der Waals surface area contributed by atoms with Crippen molar-refractivity contribution >= 4 is 28.6 Å². The molecular weight excluding hydrogens is 376 g/mol. The third-order valence-corrected chi connectivity index (χ3v) is 5.80. The summed E-state index contributed by atoms with van der Waals surface area (Å²) in [7, 11) is 0. The molecule has 2 heterocycles. The van der Waals surface area contributed by atoms with Gasteiger partial charge >= 0.3 is 0 Å². The minimum atomic E-state index is -0.135. The highest BCUT2D eigenvalue weighted by atomic mass is 32.1. The molecule has 0 radical (unpaired) electrons. The van der Waals surface area contributed by atoms with E-state index in [0.717, 1.165) is 35.0 Å². The first-order chi connectivity index (χ1) is 13.5. The number of benzene rings is 1. The Morgan fingerprint density at radius 2 is 1.82 bits per heavy atom. The number of thiophene rings is 1. The lowest BCUT2D eigenvalue weighted by molar-refractivity contribution is 0.102. The molecule has 152 valence electrons. The SMILES string of the molecule is CCOc1cc(N2CCOCC2)c(OCC)cc1NC(=O)c1csc(C)c1C. The number of carbonyl (C=O) groups is 1. The summed E-state index contributed by atoms with van der Waals surface area (Å²) in [5.41, 5.74) is 3.29. The first-order valence-electron chi connectivity index (χ1n) is 9.67. The predicted octanol–water partition coefficient (Wildman–Crippen LogP) is 4.25. The molecule has 28 heavy (non-hydrogen) atoms. The molecule has 0 aliphatic carbocycles. The zero-order valence-corrected chi connectivity index (χ0v) is 17.8. The van der Waals surface area contributed by atoms with E-state index >= 15 is 0 Å². The van der Waals surface area contributed by atoms with Gasteiger partial charge in [0.05, 0.1) is 43.4 Å². The van der Waals surface area contributed by atoms with Crippen LogP contribution in [-0.4, -0.2) is 45.4 Å². The Balaban J connectivity index is 1.95. The molecule has 0 atom stereocenters. The van der Waals surface area contributed by atoms with Gasteiger partial charge in [-0.3, -0.25) is 4.79 Å². The van der Waals surface area contributed by atoms with E-state index in [1.807, 2.05) is 45.2 Å². The third-order valence-electron chi connectivity index (χ3n) is 4.79. The van der Waals surface area contributed by atoms with Gasteiger partial charge in [-0.2, -0.15) is 0 Å². The van der Waals surface area contributed by atoms with E-state index in [4.69, 9.17) is 14.2 Å². The van der Waals surface area contributed by atoms with Crippen molar-refractivity contribution in [3.05, 3.63) is 33.5 Å². The molecule has 0 unspecified atom stereocenters. The van der Waals surface area contributed by atoms with E-state index in [-0.39, 0.29) is 5.91 Å². The van der Waals surface area contributed by atoms with E-state index in [1.54, 1.807) is 11.3 Å². The number of nitrogens with zero attached hydrogens (tertiary/aromatic N) is 1. The van der Waals surface area contributed by atoms with Crippen LogP contribution in [0.5, 0.6) is 11.5 Å². The lowest BCUT2D eigenvalue weighted by Gasteiger charge is -2.31. The van der Waals surface area contributed by atoms with E-state index in [2.05, 4.69) is 10.2 Å². The van der Waals surface area contributed by atoms with Gasteiger partial charge in [0.2, 0.25) is 0 Å². The fourth-order valence-corrected chi connectivity index (χ4v) is 4.04. The number of ether oxygens (including phenoxy) is 3. The number of anilines is 2. The minimum absolute atomic E-state index is 0.135. The van der Waals surface area contributed by atoms with Crippen molar-refractivity contribution < 1.29 is 19.0 Å². The van der Waals surface area contributed by atoms with Gasteiger partial charge in [-0.25, -0.2) is 0 Å². The Labute approximate surface area is 170 Å². The second kappa shape index (κ2) is 9.30. The highest BCUT2D eigenvalue weighted by Crippen LogP contribution is 2.39. The number of morpholine rings is 1. The fourth-order valence-electron chi connectivity index (χ4n) is 3.17. The zero-order valence-electron chi connectivity index (χ0n) is 17.0. The molecule has 0 saturated carbocycles. The minimum Gasteiger partial charge on any atom is -0.492 e. The summed E-state index contributed by atoms with van der Waals surface area (Å²) in [4.78, 5) is 16.2. The van der Waals surface area contributed by atoms with Crippen molar-refractivity contribution in [1.29, 1.82) is 0 Å². The van der Waals surface area contributed by atoms with Gasteiger partial charge in [0.1, 0.15) is 11.5 Å². The standard InChI is InChI=1S/C21H28N2O4S/c1-5-26-19-12-18(23-7-9-25-10-8-23)20(27-6-2)11-17(19)22-21(24)16-13-28-15(4)14(16)3/h11-13H,5-10H2,1-4H3,(H,22,24). The van der Waals surface area contributed by atoms with Gasteiger partial charge < -0.3 is 24.4 Å². The zero-order chi connectivity index (χ0) is 20.1. The van der Waals surface area contributed by atoms with Crippen molar-refractivity contribution in [2.75, 3.05) is 49.7 Å². The van der Waals surface area contributed by atoms with Gasteiger partial charge in [-0.05, 0) is 33.3 Å². The van der Waals surface area contributed by atoms with Gasteiger partial charge in [0, 0.05) is 35.5 Å². The molecule has 1 aromatic heterocycles. The van der Waals surface area contributed by atoms with Crippen LogP contribution in [-0.2, 0) is 4.74 Å². The highest BCUT2D eigenvalue weighted by molar-refractivity contribution is 7.10. The Morgan fingerprint density at radius 1 is 1.14 bits per heavy atom. The Kier molecular flexibility index (Phi) is 6.80. The van der Waals surface area contributed by atoms with Crippen LogP contribution in [0.3, 0.4) is 0 Å². The van der Waals surface area contributed by atoms with Gasteiger partial charge in [-0.1, -0.05) is 0 Å². The van der Waals surface area contributed by atoms with Crippen molar-refractivity contribution in [2.45, 2.75) is 27.7 Å². The molecule has 1 aliphatic rings. The maximum atomic E-state index is 12.8. The average Bonchev–Trinajstić information content (AvgIpc) is 3.03. The van der Waals surface area contributed by atoms with Crippen LogP contribution < -0.4 is 19.7 Å². The second-order valence-electron chi connectivity index (χ2n) is 6.57. The van der Waals surface area contributed by atoms with Crippen LogP contribution in [0.25, 0.3) is 0 Å². The largest absolute Gasteiger partial charge is 0.492 e. The van der Waals surface area contributed by atoms with Crippen LogP contribution in [0, 0.1) is 13.8 Å². The molecule has 0 spiro atoms. The summed E-state index contributed by atoms with van der Waals surface area (Å²) in [5.74, 6) is 1.25. The number of hydrogen-bond donors (Lipinski definition) is 1. The number of rotatable bonds is 7. The summed E-state index contributed by atoms with van der Waals surface area (Å²) in [6.45, 7) is 11.9. The van der Waals surface area contributed by atoms with Crippen molar-refractivity contribution in [3.63, 3.8) is 0 Å². The lowest BCUT2D eigenvalue weighted by Crippen LogP contribution is -2.36. The lowest BCUT2D eigenvalue weighted by atomic mass is 10.1. The molecule has 1 amide bonds. The number of aryl methyl sites for hydroxylation is 1. The number of amides is 1. The first-order valence-corrected chi connectivity index (χ1v) is 10.6. The van der Waals surface area contributed by atoms with Crippen molar-refractivity contribution in [2.24, 2.45) is 0 Å². The van der Waals surface area contributed by atoms with Crippen LogP contribution >= 0.6 is 11.3 Å². The molecule has 1 saturated heterocycles. The van der Waals surface area contributed by atoms with Crippen LogP contribution in [0.15, 0.2) is 17.5 Å². The fraction of sp³-hybridized carbons (Fsp3) is 0.476. The van der Waals surface area contributed by atoms with Crippen LogP contribution in [0.1, 0.15) is 34.6 Å². The van der Waals surface area contributed by atoms with Crippen molar-refractivity contribution in [3.8, 4) is 11.5 Å². The predicted molar refractivity (Wildman–Crippen MR) is 114 cm³/mol. The maximum absolute atomic E-state index is 12.8. The molecular formula is C21H28N2O4S. The summed E-state index contributed by atoms with van der Waals surface area (Å²) in [5, 5.41) is 4.91. The van der Waals surface area contributed by atoms with Gasteiger partial charge in [0.25, 0.3) is 5.91 Å². The first kappa shape index (κ1) is 20.5.